The van der Waals surface area contributed by atoms with Crippen molar-refractivity contribution in [3.05, 3.63) is 23.8 Å². The molecule has 1 atom stereocenters. The standard InChI is InChI=1S/C17H29NO2/c1-5-6-7-8-9-14(2)18-13-15-10-11-16(19-3)12-17(15)20-4/h10-12,14,18H,5-9,13H2,1-4H3. The van der Waals surface area contributed by atoms with Gasteiger partial charge >= 0.3 is 0 Å². The molecule has 0 aliphatic heterocycles. The molecule has 1 aromatic rings. The summed E-state index contributed by atoms with van der Waals surface area (Å²) in [5, 5.41) is 3.57. The maximum atomic E-state index is 5.41. The van der Waals surface area contributed by atoms with Crippen LogP contribution in [0.4, 0.5) is 0 Å². The van der Waals surface area contributed by atoms with E-state index in [2.05, 4.69) is 25.2 Å². The average Bonchev–Trinajstić information content (AvgIpc) is 2.49. The second-order valence-electron chi connectivity index (χ2n) is 5.31. The molecule has 0 fully saturated rings. The average molecular weight is 279 g/mol. The summed E-state index contributed by atoms with van der Waals surface area (Å²) in [4.78, 5) is 0. The number of unbranched alkanes of at least 4 members (excludes halogenated alkanes) is 3. The molecular formula is C17H29NO2. The molecule has 0 spiro atoms. The molecule has 0 aliphatic rings. The van der Waals surface area contributed by atoms with Crippen LogP contribution in [-0.4, -0.2) is 20.3 Å². The number of ether oxygens (including phenoxy) is 2. The number of hydrogen-bond acceptors (Lipinski definition) is 3. The van der Waals surface area contributed by atoms with Crippen LogP contribution in [-0.2, 0) is 6.54 Å². The minimum atomic E-state index is 0.540. The van der Waals surface area contributed by atoms with Crippen LogP contribution >= 0.6 is 0 Å². The van der Waals surface area contributed by atoms with Crippen LogP contribution in [0.2, 0.25) is 0 Å². The minimum absolute atomic E-state index is 0.540. The third-order valence-corrected chi connectivity index (χ3v) is 3.63. The Balaban J connectivity index is 2.40. The molecule has 3 heteroatoms. The first kappa shape index (κ1) is 16.8. The van der Waals surface area contributed by atoms with Crippen molar-refractivity contribution in [2.24, 2.45) is 0 Å². The van der Waals surface area contributed by atoms with E-state index in [9.17, 15) is 0 Å². The van der Waals surface area contributed by atoms with E-state index in [0.717, 1.165) is 18.0 Å². The lowest BCUT2D eigenvalue weighted by Gasteiger charge is -2.16. The fourth-order valence-electron chi connectivity index (χ4n) is 2.26. The number of rotatable bonds is 10. The predicted molar refractivity (Wildman–Crippen MR) is 84.6 cm³/mol. The molecule has 0 heterocycles. The normalized spacial score (nSPS) is 12.2. The summed E-state index contributed by atoms with van der Waals surface area (Å²) >= 11 is 0. The zero-order valence-corrected chi connectivity index (χ0v) is 13.4. The minimum Gasteiger partial charge on any atom is -0.497 e. The van der Waals surface area contributed by atoms with Crippen molar-refractivity contribution < 1.29 is 9.47 Å². The summed E-state index contributed by atoms with van der Waals surface area (Å²) in [6.45, 7) is 5.34. The third-order valence-electron chi connectivity index (χ3n) is 3.63. The van der Waals surface area contributed by atoms with Gasteiger partial charge in [-0.15, -0.1) is 0 Å². The van der Waals surface area contributed by atoms with Gasteiger partial charge in [-0.25, -0.2) is 0 Å². The predicted octanol–water partition coefficient (Wildman–Crippen LogP) is 4.15. The van der Waals surface area contributed by atoms with E-state index in [1.54, 1.807) is 14.2 Å². The highest BCUT2D eigenvalue weighted by Gasteiger charge is 2.07. The molecule has 0 saturated heterocycles. The Hall–Kier alpha value is -1.22. The Morgan fingerprint density at radius 1 is 1.10 bits per heavy atom. The Morgan fingerprint density at radius 2 is 1.90 bits per heavy atom. The summed E-state index contributed by atoms with van der Waals surface area (Å²) in [7, 11) is 3.37. The summed E-state index contributed by atoms with van der Waals surface area (Å²) in [6, 6.07) is 6.52. The Labute approximate surface area is 123 Å². The van der Waals surface area contributed by atoms with Crippen LogP contribution in [0.3, 0.4) is 0 Å². The quantitative estimate of drug-likeness (QED) is 0.653. The number of hydrogen-bond donors (Lipinski definition) is 1. The smallest absolute Gasteiger partial charge is 0.127 e. The third kappa shape index (κ3) is 5.83. The summed E-state index contributed by atoms with van der Waals surface area (Å²) in [5.74, 6) is 1.72. The summed E-state index contributed by atoms with van der Waals surface area (Å²) in [5.41, 5.74) is 1.17. The Kier molecular flexibility index (Phi) is 8.12. The molecule has 0 aliphatic carbocycles. The highest BCUT2D eigenvalue weighted by Crippen LogP contribution is 2.24. The van der Waals surface area contributed by atoms with E-state index in [4.69, 9.17) is 9.47 Å². The molecule has 0 saturated carbocycles. The van der Waals surface area contributed by atoms with Gasteiger partial charge < -0.3 is 14.8 Å². The van der Waals surface area contributed by atoms with Gasteiger partial charge in [0.1, 0.15) is 11.5 Å². The molecule has 1 unspecified atom stereocenters. The van der Waals surface area contributed by atoms with Crippen LogP contribution in [0, 0.1) is 0 Å². The van der Waals surface area contributed by atoms with Crippen molar-refractivity contribution >= 4 is 0 Å². The van der Waals surface area contributed by atoms with Crippen LogP contribution in [0.5, 0.6) is 11.5 Å². The largest absolute Gasteiger partial charge is 0.497 e. The lowest BCUT2D eigenvalue weighted by atomic mass is 10.1. The van der Waals surface area contributed by atoms with Gasteiger partial charge in [0.05, 0.1) is 14.2 Å². The van der Waals surface area contributed by atoms with E-state index in [-0.39, 0.29) is 0 Å². The van der Waals surface area contributed by atoms with E-state index in [1.165, 1.54) is 37.7 Å². The molecule has 20 heavy (non-hydrogen) atoms. The summed E-state index contributed by atoms with van der Waals surface area (Å²) in [6.07, 6.45) is 6.53. The zero-order chi connectivity index (χ0) is 14.8. The van der Waals surface area contributed by atoms with E-state index in [0.29, 0.717) is 6.04 Å². The molecular weight excluding hydrogens is 250 g/mol. The van der Waals surface area contributed by atoms with Gasteiger partial charge in [0.2, 0.25) is 0 Å². The van der Waals surface area contributed by atoms with Gasteiger partial charge in [-0.1, -0.05) is 38.7 Å². The van der Waals surface area contributed by atoms with Crippen LogP contribution in [0.15, 0.2) is 18.2 Å². The molecule has 114 valence electrons. The van der Waals surface area contributed by atoms with Crippen molar-refractivity contribution in [1.29, 1.82) is 0 Å². The second-order valence-corrected chi connectivity index (χ2v) is 5.31. The van der Waals surface area contributed by atoms with E-state index in [1.807, 2.05) is 12.1 Å². The molecule has 0 bridgehead atoms. The molecule has 1 N–H and O–H groups in total. The lowest BCUT2D eigenvalue weighted by Crippen LogP contribution is -2.25. The Bertz CT molecular complexity index is 379. The van der Waals surface area contributed by atoms with Crippen molar-refractivity contribution in [2.45, 2.75) is 58.5 Å². The van der Waals surface area contributed by atoms with Crippen LogP contribution in [0.1, 0.15) is 51.5 Å². The number of methoxy groups -OCH3 is 2. The fraction of sp³-hybridized carbons (Fsp3) is 0.647. The summed E-state index contributed by atoms with van der Waals surface area (Å²) < 4.78 is 10.6. The van der Waals surface area contributed by atoms with Gasteiger partial charge in [0.15, 0.2) is 0 Å². The van der Waals surface area contributed by atoms with Crippen molar-refractivity contribution in [2.75, 3.05) is 14.2 Å². The van der Waals surface area contributed by atoms with E-state index >= 15 is 0 Å². The first-order chi connectivity index (χ1) is 9.71. The SMILES string of the molecule is CCCCCCC(C)NCc1ccc(OC)cc1OC. The number of benzene rings is 1. The van der Waals surface area contributed by atoms with Crippen LogP contribution in [0.25, 0.3) is 0 Å². The second kappa shape index (κ2) is 9.65. The maximum Gasteiger partial charge on any atom is 0.127 e. The topological polar surface area (TPSA) is 30.5 Å². The first-order valence-corrected chi connectivity index (χ1v) is 7.65. The van der Waals surface area contributed by atoms with Crippen molar-refractivity contribution in [3.63, 3.8) is 0 Å². The molecule has 3 nitrogen and oxygen atoms in total. The molecule has 0 amide bonds. The van der Waals surface area contributed by atoms with Gasteiger partial charge in [0.25, 0.3) is 0 Å². The monoisotopic (exact) mass is 279 g/mol. The lowest BCUT2D eigenvalue weighted by molar-refractivity contribution is 0.387. The van der Waals surface area contributed by atoms with Crippen LogP contribution < -0.4 is 14.8 Å². The number of nitrogens with one attached hydrogen (secondary N) is 1. The molecule has 0 radical (unpaired) electrons. The molecule has 1 aromatic carbocycles. The maximum absolute atomic E-state index is 5.41. The van der Waals surface area contributed by atoms with Gasteiger partial charge in [-0.3, -0.25) is 0 Å². The van der Waals surface area contributed by atoms with Crippen molar-refractivity contribution in [3.8, 4) is 11.5 Å². The molecule has 0 aromatic heterocycles. The van der Waals surface area contributed by atoms with E-state index < -0.39 is 0 Å². The fourth-order valence-corrected chi connectivity index (χ4v) is 2.26. The van der Waals surface area contributed by atoms with Gasteiger partial charge in [-0.2, -0.15) is 0 Å². The van der Waals surface area contributed by atoms with Gasteiger partial charge in [-0.05, 0) is 19.4 Å². The first-order valence-electron chi connectivity index (χ1n) is 7.65. The van der Waals surface area contributed by atoms with Gasteiger partial charge in [0, 0.05) is 24.2 Å². The zero-order valence-electron chi connectivity index (χ0n) is 13.4. The highest BCUT2D eigenvalue weighted by molar-refractivity contribution is 5.40. The molecule has 1 rings (SSSR count). The highest BCUT2D eigenvalue weighted by atomic mass is 16.5. The van der Waals surface area contributed by atoms with Crippen molar-refractivity contribution in [1.82, 2.24) is 5.32 Å². The Morgan fingerprint density at radius 3 is 2.55 bits per heavy atom.